The van der Waals surface area contributed by atoms with Crippen LogP contribution in [0.5, 0.6) is 0 Å². The van der Waals surface area contributed by atoms with Crippen LogP contribution in [0.15, 0.2) is 34.9 Å². The van der Waals surface area contributed by atoms with Gasteiger partial charge in [-0.2, -0.15) is 37.0 Å². The summed E-state index contributed by atoms with van der Waals surface area (Å²) in [6.07, 6.45) is 0. The fraction of sp³-hybridized carbons (Fsp3) is 0.389. The number of rotatable bonds is 6. The van der Waals surface area contributed by atoms with Crippen molar-refractivity contribution in [3.63, 3.8) is 0 Å². The van der Waals surface area contributed by atoms with Gasteiger partial charge >= 0.3 is 6.01 Å². The van der Waals surface area contributed by atoms with E-state index < -0.39 is 10.2 Å². The molecule has 0 amide bonds. The number of para-hydroxylation sites is 1. The molecule has 0 radical (unpaired) electrons. The molecule has 170 valence electrons. The molecule has 1 aromatic carbocycles. The molecule has 3 heterocycles. The third kappa shape index (κ3) is 4.32. The minimum absolute atomic E-state index is 0.0293. The van der Waals surface area contributed by atoms with Crippen LogP contribution in [-0.2, 0) is 10.2 Å². The summed E-state index contributed by atoms with van der Waals surface area (Å²) in [6.45, 7) is 1.44. The number of nitrogen functional groups attached to an aromatic ring is 1. The van der Waals surface area contributed by atoms with Crippen molar-refractivity contribution >= 4 is 33.8 Å². The lowest BCUT2D eigenvalue weighted by molar-refractivity contribution is 0.337. The maximum Gasteiger partial charge on any atom is 0.324 e. The monoisotopic (exact) mass is 460 g/mol. The van der Waals surface area contributed by atoms with Crippen molar-refractivity contribution in [3.05, 3.63) is 30.3 Å². The van der Waals surface area contributed by atoms with E-state index in [1.807, 2.05) is 42.3 Å². The highest BCUT2D eigenvalue weighted by Crippen LogP contribution is 2.24. The second kappa shape index (κ2) is 8.64. The number of piperazine rings is 1. The average Bonchev–Trinajstić information content (AvgIpc) is 3.29. The summed E-state index contributed by atoms with van der Waals surface area (Å²) >= 11 is 0. The Bertz CT molecular complexity index is 1180. The molecule has 4 rings (SSSR count). The Morgan fingerprint density at radius 2 is 1.62 bits per heavy atom. The van der Waals surface area contributed by atoms with E-state index in [4.69, 9.17) is 10.3 Å². The Morgan fingerprint density at radius 1 is 0.938 bits per heavy atom. The molecule has 1 aliphatic rings. The van der Waals surface area contributed by atoms with Gasteiger partial charge in [0.15, 0.2) is 0 Å². The van der Waals surface area contributed by atoms with Crippen LogP contribution in [-0.4, -0.2) is 89.4 Å². The van der Waals surface area contributed by atoms with E-state index in [9.17, 15) is 8.42 Å². The van der Waals surface area contributed by atoms with Gasteiger partial charge in [0.05, 0.1) is 0 Å². The van der Waals surface area contributed by atoms with Crippen LogP contribution in [0.25, 0.3) is 11.6 Å². The molecule has 13 nitrogen and oxygen atoms in total. The van der Waals surface area contributed by atoms with E-state index in [1.54, 1.807) is 4.90 Å². The highest BCUT2D eigenvalue weighted by Gasteiger charge is 2.30. The second-order valence-electron chi connectivity index (χ2n) is 7.29. The van der Waals surface area contributed by atoms with Gasteiger partial charge in [-0.25, -0.2) is 0 Å². The molecule has 0 bridgehead atoms. The summed E-state index contributed by atoms with van der Waals surface area (Å²) in [4.78, 5) is 20.7. The first kappa shape index (κ1) is 21.9. The molecule has 0 unspecified atom stereocenters. The Kier molecular flexibility index (Phi) is 5.90. The van der Waals surface area contributed by atoms with E-state index in [2.05, 4.69) is 25.1 Å². The fourth-order valence-electron chi connectivity index (χ4n) is 3.17. The Hall–Kier alpha value is -3.36. The smallest absolute Gasteiger partial charge is 0.324 e. The maximum atomic E-state index is 12.3. The zero-order chi connectivity index (χ0) is 22.9. The lowest BCUT2D eigenvalue weighted by atomic mass is 10.3. The van der Waals surface area contributed by atoms with Gasteiger partial charge < -0.3 is 20.1 Å². The molecule has 14 heteroatoms. The summed E-state index contributed by atoms with van der Waals surface area (Å²) in [5, 5.41) is 3.98. The van der Waals surface area contributed by atoms with Crippen molar-refractivity contribution < 1.29 is 12.9 Å². The quantitative estimate of drug-likeness (QED) is 0.537. The largest absolute Gasteiger partial charge is 0.368 e. The number of hydrogen-bond donors (Lipinski definition) is 1. The van der Waals surface area contributed by atoms with E-state index in [0.717, 1.165) is 5.69 Å². The second-order valence-corrected chi connectivity index (χ2v) is 9.43. The Morgan fingerprint density at radius 3 is 2.28 bits per heavy atom. The van der Waals surface area contributed by atoms with Crippen LogP contribution in [0.3, 0.4) is 0 Å². The van der Waals surface area contributed by atoms with Crippen molar-refractivity contribution in [3.8, 4) is 11.6 Å². The molecule has 3 aromatic rings. The molecule has 0 saturated carbocycles. The zero-order valence-corrected chi connectivity index (χ0v) is 18.8. The molecule has 1 fully saturated rings. The number of nitrogens with zero attached hydrogens (tertiary/aromatic N) is 9. The first-order valence-corrected chi connectivity index (χ1v) is 11.2. The predicted octanol–water partition coefficient (Wildman–Crippen LogP) is 0.200. The van der Waals surface area contributed by atoms with Gasteiger partial charge in [-0.3, -0.25) is 0 Å². The van der Waals surface area contributed by atoms with E-state index in [1.165, 1.54) is 22.7 Å². The zero-order valence-electron chi connectivity index (χ0n) is 18.0. The van der Waals surface area contributed by atoms with Crippen molar-refractivity contribution in [2.75, 3.05) is 62.9 Å². The summed E-state index contributed by atoms with van der Waals surface area (Å²) in [7, 11) is 1.38. The normalized spacial score (nSPS) is 15.3. The third-order valence-electron chi connectivity index (χ3n) is 5.00. The van der Waals surface area contributed by atoms with Crippen LogP contribution in [0.4, 0.5) is 23.6 Å². The molecule has 2 N–H and O–H groups in total. The van der Waals surface area contributed by atoms with Crippen LogP contribution < -0.4 is 15.5 Å². The summed E-state index contributed by atoms with van der Waals surface area (Å²) in [5.74, 6) is 0.716. The minimum atomic E-state index is -3.46. The summed E-state index contributed by atoms with van der Waals surface area (Å²) < 4.78 is 32.6. The van der Waals surface area contributed by atoms with Gasteiger partial charge in [-0.1, -0.05) is 23.4 Å². The van der Waals surface area contributed by atoms with Crippen LogP contribution >= 0.6 is 0 Å². The van der Waals surface area contributed by atoms with Crippen LogP contribution in [0.2, 0.25) is 0 Å². The minimum Gasteiger partial charge on any atom is -0.368 e. The van der Waals surface area contributed by atoms with E-state index >= 15 is 0 Å². The summed E-state index contributed by atoms with van der Waals surface area (Å²) in [5.41, 5.74) is 6.77. The van der Waals surface area contributed by atoms with Gasteiger partial charge in [0.1, 0.15) is 0 Å². The average molecular weight is 461 g/mol. The topological polar surface area (TPSA) is 151 Å². The number of nitrogens with two attached hydrogens (primary N) is 1. The number of anilines is 4. The van der Waals surface area contributed by atoms with Crippen LogP contribution in [0, 0.1) is 0 Å². The fourth-order valence-corrected chi connectivity index (χ4v) is 4.26. The van der Waals surface area contributed by atoms with Crippen molar-refractivity contribution in [1.29, 1.82) is 0 Å². The molecule has 32 heavy (non-hydrogen) atoms. The number of aromatic nitrogens is 5. The maximum absolute atomic E-state index is 12.3. The number of hydrogen-bond acceptors (Lipinski definition) is 11. The van der Waals surface area contributed by atoms with E-state index in [-0.39, 0.29) is 23.6 Å². The lowest BCUT2D eigenvalue weighted by Gasteiger charge is -2.33. The molecule has 0 spiro atoms. The molecule has 0 atom stereocenters. The molecular weight excluding hydrogens is 436 g/mol. The molecular formula is C18H24N10O3S. The highest BCUT2D eigenvalue weighted by atomic mass is 32.2. The van der Waals surface area contributed by atoms with Crippen molar-refractivity contribution in [2.45, 2.75) is 0 Å². The SMILES string of the molecule is CN(c1ccccc1)c1nc(N)nc(-c2noc(N3CCN(S(=O)(=O)N(C)C)CC3)n2)n1. The molecule has 1 aliphatic heterocycles. The van der Waals surface area contributed by atoms with E-state index in [0.29, 0.717) is 32.1 Å². The Balaban J connectivity index is 1.51. The van der Waals surface area contributed by atoms with Crippen molar-refractivity contribution in [1.82, 2.24) is 33.7 Å². The first-order chi connectivity index (χ1) is 15.3. The highest BCUT2D eigenvalue weighted by molar-refractivity contribution is 7.86. The van der Waals surface area contributed by atoms with Crippen LogP contribution in [0.1, 0.15) is 0 Å². The molecule has 1 saturated heterocycles. The van der Waals surface area contributed by atoms with Gasteiger partial charge in [-0.15, -0.1) is 0 Å². The predicted molar refractivity (Wildman–Crippen MR) is 118 cm³/mol. The summed E-state index contributed by atoms with van der Waals surface area (Å²) in [6, 6.07) is 9.84. The van der Waals surface area contributed by atoms with Gasteiger partial charge in [0.2, 0.25) is 23.5 Å². The lowest BCUT2D eigenvalue weighted by Crippen LogP contribution is -2.51. The number of benzene rings is 1. The molecule has 0 aliphatic carbocycles. The van der Waals surface area contributed by atoms with Gasteiger partial charge in [0.25, 0.3) is 10.2 Å². The standard InChI is InChI=1S/C18H24N10O3S/c1-25(2)32(29,30)28-11-9-27(10-12-28)18-22-15(24-31-18)14-20-16(19)23-17(21-14)26(3)13-7-5-4-6-8-13/h4-8H,9-12H2,1-3H3,(H2,19,20,21,23). The third-order valence-corrected chi connectivity index (χ3v) is 6.94. The first-order valence-electron chi connectivity index (χ1n) is 9.82. The van der Waals surface area contributed by atoms with Crippen molar-refractivity contribution in [2.24, 2.45) is 0 Å². The molecule has 2 aromatic heterocycles. The van der Waals surface area contributed by atoms with Gasteiger partial charge in [-0.05, 0) is 12.1 Å². The Labute approximate surface area is 185 Å². The van der Waals surface area contributed by atoms with Gasteiger partial charge in [0, 0.05) is 53.0 Å².